The van der Waals surface area contributed by atoms with Crippen LogP contribution in [-0.2, 0) is 33.3 Å². The SMILES string of the molecule is CC(=O)O[C@@H](C(=O)OC(C)(C)C)[C@H]1OCCN(c2cc(F)cc(C(=O)N3CCOCC3)c2)C1=O. The maximum Gasteiger partial charge on any atom is 0.351 e. The van der Waals surface area contributed by atoms with Crippen molar-refractivity contribution in [3.05, 3.63) is 29.6 Å². The van der Waals surface area contributed by atoms with Crippen LogP contribution in [0.1, 0.15) is 38.1 Å². The van der Waals surface area contributed by atoms with Crippen molar-refractivity contribution in [3.8, 4) is 0 Å². The van der Waals surface area contributed by atoms with Gasteiger partial charge in [0.25, 0.3) is 11.8 Å². The maximum absolute atomic E-state index is 14.5. The lowest BCUT2D eigenvalue weighted by Crippen LogP contribution is -2.56. The van der Waals surface area contributed by atoms with Crippen LogP contribution >= 0.6 is 0 Å². The van der Waals surface area contributed by atoms with E-state index in [1.165, 1.54) is 11.0 Å². The third kappa shape index (κ3) is 6.29. The summed E-state index contributed by atoms with van der Waals surface area (Å²) in [6, 6.07) is 3.63. The van der Waals surface area contributed by atoms with Crippen molar-refractivity contribution < 1.29 is 42.5 Å². The molecular formula is C23H29FN2O8. The molecule has 2 amide bonds. The largest absolute Gasteiger partial charge is 0.457 e. The van der Waals surface area contributed by atoms with Crippen LogP contribution in [-0.4, -0.2) is 85.9 Å². The summed E-state index contributed by atoms with van der Waals surface area (Å²) in [5.41, 5.74) is -0.693. The predicted molar refractivity (Wildman–Crippen MR) is 117 cm³/mol. The number of carbonyl (C=O) groups excluding carboxylic acids is 4. The number of nitrogens with zero attached hydrogens (tertiary/aromatic N) is 2. The standard InChI is InChI=1S/C23H29FN2O8/c1-14(27)33-19(22(30)34-23(2,3)4)18-21(29)26(7-10-32-18)17-12-15(11-16(24)13-17)20(28)25-5-8-31-9-6-25/h11-13,18-19H,5-10H2,1-4H3/t18-,19-/m1/s1. The van der Waals surface area contributed by atoms with Crippen LogP contribution < -0.4 is 4.90 Å². The molecule has 1 aromatic rings. The van der Waals surface area contributed by atoms with Crippen molar-refractivity contribution in [2.24, 2.45) is 0 Å². The Kier molecular flexibility index (Phi) is 7.88. The third-order valence-electron chi connectivity index (χ3n) is 5.07. The number of halogens is 1. The first-order valence-electron chi connectivity index (χ1n) is 11.0. The minimum Gasteiger partial charge on any atom is -0.457 e. The van der Waals surface area contributed by atoms with Gasteiger partial charge in [-0.3, -0.25) is 14.4 Å². The zero-order chi connectivity index (χ0) is 25.0. The highest BCUT2D eigenvalue weighted by Gasteiger charge is 2.44. The van der Waals surface area contributed by atoms with E-state index in [4.69, 9.17) is 18.9 Å². The van der Waals surface area contributed by atoms with Gasteiger partial charge < -0.3 is 28.7 Å². The minimum absolute atomic E-state index is 0.0137. The van der Waals surface area contributed by atoms with Crippen LogP contribution in [0.3, 0.4) is 0 Å². The molecule has 0 unspecified atom stereocenters. The molecular weight excluding hydrogens is 451 g/mol. The van der Waals surface area contributed by atoms with Crippen molar-refractivity contribution in [1.29, 1.82) is 0 Å². The molecule has 2 atom stereocenters. The molecule has 0 N–H and O–H groups in total. The van der Waals surface area contributed by atoms with Gasteiger partial charge in [0.1, 0.15) is 11.4 Å². The zero-order valence-corrected chi connectivity index (χ0v) is 19.7. The molecule has 0 aliphatic carbocycles. The summed E-state index contributed by atoms with van der Waals surface area (Å²) in [5.74, 6) is -3.54. The number of esters is 2. The lowest BCUT2D eigenvalue weighted by molar-refractivity contribution is -0.188. The second-order valence-corrected chi connectivity index (χ2v) is 8.95. The van der Waals surface area contributed by atoms with Crippen LogP contribution in [0.15, 0.2) is 18.2 Å². The molecule has 186 valence electrons. The molecule has 2 saturated heterocycles. The monoisotopic (exact) mass is 480 g/mol. The lowest BCUT2D eigenvalue weighted by atomic mass is 10.1. The highest BCUT2D eigenvalue weighted by atomic mass is 19.1. The summed E-state index contributed by atoms with van der Waals surface area (Å²) in [7, 11) is 0. The maximum atomic E-state index is 14.5. The Labute approximate surface area is 196 Å². The number of morpholine rings is 2. The molecule has 1 aromatic carbocycles. The molecule has 10 nitrogen and oxygen atoms in total. The highest BCUT2D eigenvalue weighted by molar-refractivity contribution is 6.02. The van der Waals surface area contributed by atoms with Crippen molar-refractivity contribution in [1.82, 2.24) is 4.90 Å². The number of ether oxygens (including phenoxy) is 4. The van der Waals surface area contributed by atoms with Crippen molar-refractivity contribution in [3.63, 3.8) is 0 Å². The molecule has 2 heterocycles. The Morgan fingerprint density at radius 1 is 1.09 bits per heavy atom. The van der Waals surface area contributed by atoms with Crippen LogP contribution in [0.2, 0.25) is 0 Å². The van der Waals surface area contributed by atoms with Gasteiger partial charge in [-0.2, -0.15) is 0 Å². The van der Waals surface area contributed by atoms with E-state index in [-0.39, 0.29) is 30.3 Å². The van der Waals surface area contributed by atoms with Crippen molar-refractivity contribution >= 4 is 29.4 Å². The van der Waals surface area contributed by atoms with Crippen molar-refractivity contribution in [2.75, 3.05) is 44.4 Å². The Hall–Kier alpha value is -3.05. The van der Waals surface area contributed by atoms with Gasteiger partial charge in [-0.25, -0.2) is 9.18 Å². The van der Waals surface area contributed by atoms with Gasteiger partial charge in [-0.1, -0.05) is 0 Å². The Morgan fingerprint density at radius 2 is 1.76 bits per heavy atom. The molecule has 11 heteroatoms. The summed E-state index contributed by atoms with van der Waals surface area (Å²) in [4.78, 5) is 53.2. The normalized spacial score (nSPS) is 20.0. The molecule has 0 aromatic heterocycles. The van der Waals surface area contributed by atoms with E-state index in [0.29, 0.717) is 26.3 Å². The van der Waals surface area contributed by atoms with Gasteiger partial charge in [-0.05, 0) is 39.0 Å². The number of amides is 2. The number of hydrogen-bond acceptors (Lipinski definition) is 8. The minimum atomic E-state index is -1.64. The van der Waals surface area contributed by atoms with Crippen LogP contribution in [0.4, 0.5) is 10.1 Å². The summed E-state index contributed by atoms with van der Waals surface area (Å²) < 4.78 is 35.6. The Morgan fingerprint density at radius 3 is 2.38 bits per heavy atom. The quantitative estimate of drug-likeness (QED) is 0.580. The molecule has 3 rings (SSSR count). The van der Waals surface area contributed by atoms with E-state index in [9.17, 15) is 23.6 Å². The second kappa shape index (κ2) is 10.5. The summed E-state index contributed by atoms with van der Waals surface area (Å²) in [6.07, 6.45) is -3.14. The fourth-order valence-corrected chi connectivity index (χ4v) is 3.65. The Balaban J connectivity index is 1.87. The van der Waals surface area contributed by atoms with Gasteiger partial charge in [0.15, 0.2) is 6.10 Å². The fraction of sp³-hybridized carbons (Fsp3) is 0.565. The topological polar surface area (TPSA) is 112 Å². The van der Waals surface area contributed by atoms with Crippen LogP contribution in [0.25, 0.3) is 0 Å². The predicted octanol–water partition coefficient (Wildman–Crippen LogP) is 1.30. The average Bonchev–Trinajstić information content (AvgIpc) is 2.76. The first kappa shape index (κ1) is 25.6. The molecule has 0 radical (unpaired) electrons. The molecule has 2 aliphatic rings. The molecule has 2 aliphatic heterocycles. The van der Waals surface area contributed by atoms with E-state index in [2.05, 4.69) is 0 Å². The second-order valence-electron chi connectivity index (χ2n) is 8.95. The fourth-order valence-electron chi connectivity index (χ4n) is 3.65. The molecule has 0 bridgehead atoms. The number of rotatable bonds is 5. The van der Waals surface area contributed by atoms with E-state index >= 15 is 0 Å². The summed E-state index contributed by atoms with van der Waals surface area (Å²) >= 11 is 0. The van der Waals surface area contributed by atoms with E-state index in [1.807, 2.05) is 0 Å². The zero-order valence-electron chi connectivity index (χ0n) is 19.7. The Bertz CT molecular complexity index is 955. The van der Waals surface area contributed by atoms with Crippen LogP contribution in [0, 0.1) is 5.82 Å². The first-order chi connectivity index (χ1) is 16.0. The van der Waals surface area contributed by atoms with Gasteiger partial charge in [0.2, 0.25) is 6.10 Å². The summed E-state index contributed by atoms with van der Waals surface area (Å²) in [6.45, 7) is 7.55. The molecule has 0 spiro atoms. The van der Waals surface area contributed by atoms with Gasteiger partial charge in [-0.15, -0.1) is 0 Å². The number of hydrogen-bond donors (Lipinski definition) is 0. The van der Waals surface area contributed by atoms with E-state index in [1.54, 1.807) is 25.7 Å². The molecule has 2 fully saturated rings. The van der Waals surface area contributed by atoms with Crippen LogP contribution in [0.5, 0.6) is 0 Å². The number of benzene rings is 1. The lowest BCUT2D eigenvalue weighted by Gasteiger charge is -2.36. The third-order valence-corrected chi connectivity index (χ3v) is 5.07. The van der Waals surface area contributed by atoms with E-state index < -0.39 is 41.5 Å². The van der Waals surface area contributed by atoms with Gasteiger partial charge >= 0.3 is 11.9 Å². The summed E-state index contributed by atoms with van der Waals surface area (Å²) in [5, 5.41) is 0. The highest BCUT2D eigenvalue weighted by Crippen LogP contribution is 2.26. The number of carbonyl (C=O) groups is 4. The molecule has 34 heavy (non-hydrogen) atoms. The average molecular weight is 480 g/mol. The van der Waals surface area contributed by atoms with Gasteiger partial charge in [0, 0.05) is 37.8 Å². The van der Waals surface area contributed by atoms with Gasteiger partial charge in [0.05, 0.1) is 19.8 Å². The first-order valence-corrected chi connectivity index (χ1v) is 11.0. The smallest absolute Gasteiger partial charge is 0.351 e. The van der Waals surface area contributed by atoms with E-state index in [0.717, 1.165) is 19.1 Å². The van der Waals surface area contributed by atoms with Crippen molar-refractivity contribution in [2.45, 2.75) is 45.5 Å². The molecule has 0 saturated carbocycles. The number of anilines is 1.